The second kappa shape index (κ2) is 3.66. The molecule has 1 heterocycles. The Morgan fingerprint density at radius 2 is 2.00 bits per heavy atom. The molecule has 0 aromatic heterocycles. The maximum atomic E-state index is 10.7. The van der Waals surface area contributed by atoms with Gasteiger partial charge in [-0.3, -0.25) is 0 Å². The molecule has 0 spiro atoms. The summed E-state index contributed by atoms with van der Waals surface area (Å²) in [6.07, 6.45) is 3.22. The van der Waals surface area contributed by atoms with Crippen LogP contribution in [-0.4, -0.2) is 11.4 Å². The van der Waals surface area contributed by atoms with Gasteiger partial charge in [-0.2, -0.15) is 0 Å². The zero-order valence-electron chi connectivity index (χ0n) is 6.84. The Morgan fingerprint density at radius 1 is 1.23 bits per heavy atom. The molecule has 0 radical (unpaired) electrons. The molecule has 13 heavy (non-hydrogen) atoms. The lowest BCUT2D eigenvalue weighted by molar-refractivity contribution is -0.135. The van der Waals surface area contributed by atoms with Gasteiger partial charge in [0.05, 0.1) is 0 Å². The summed E-state index contributed by atoms with van der Waals surface area (Å²) in [4.78, 5) is 11.8. The minimum absolute atomic E-state index is 0.157. The van der Waals surface area contributed by atoms with Crippen molar-refractivity contribution < 1.29 is 9.53 Å². The summed E-state index contributed by atoms with van der Waals surface area (Å²) < 4.78 is 4.98. The van der Waals surface area contributed by atoms with Crippen LogP contribution < -0.4 is 0 Å². The van der Waals surface area contributed by atoms with E-state index in [1.54, 1.807) is 6.08 Å². The molecule has 0 fully saturated rings. The molecular formula is C10H8O2S. The van der Waals surface area contributed by atoms with Crippen molar-refractivity contribution >= 4 is 17.7 Å². The van der Waals surface area contributed by atoms with Gasteiger partial charge in [0.15, 0.2) is 5.44 Å². The number of hydrogen-bond donors (Lipinski definition) is 0. The predicted octanol–water partition coefficient (Wildman–Crippen LogP) is 2.22. The summed E-state index contributed by atoms with van der Waals surface area (Å²) in [5, 5.41) is 0. The Morgan fingerprint density at radius 3 is 2.62 bits per heavy atom. The standard InChI is InChI=1S/C10H8O2S/c11-9-6-7-10(12-9)13-8-4-2-1-3-5-8/h1-7,10H. The number of esters is 1. The Hall–Kier alpha value is -1.22. The molecule has 0 saturated heterocycles. The van der Waals surface area contributed by atoms with Crippen molar-refractivity contribution in [2.75, 3.05) is 0 Å². The monoisotopic (exact) mass is 192 g/mol. The molecule has 1 aromatic rings. The zero-order valence-corrected chi connectivity index (χ0v) is 7.66. The summed E-state index contributed by atoms with van der Waals surface area (Å²) in [7, 11) is 0. The van der Waals surface area contributed by atoms with E-state index in [2.05, 4.69) is 0 Å². The molecule has 0 amide bonds. The van der Waals surface area contributed by atoms with E-state index >= 15 is 0 Å². The number of carbonyl (C=O) groups is 1. The molecule has 1 aliphatic heterocycles. The van der Waals surface area contributed by atoms with E-state index in [0.29, 0.717) is 0 Å². The number of benzene rings is 1. The quantitative estimate of drug-likeness (QED) is 0.672. The van der Waals surface area contributed by atoms with Crippen molar-refractivity contribution in [2.24, 2.45) is 0 Å². The lowest BCUT2D eigenvalue weighted by Gasteiger charge is -2.06. The molecule has 1 atom stereocenters. The highest BCUT2D eigenvalue weighted by Gasteiger charge is 2.16. The normalized spacial score (nSPS) is 20.3. The third-order valence-electron chi connectivity index (χ3n) is 1.62. The van der Waals surface area contributed by atoms with Crippen LogP contribution in [0.1, 0.15) is 0 Å². The SMILES string of the molecule is O=C1C=CC(Sc2ccccc2)O1. The highest BCUT2D eigenvalue weighted by molar-refractivity contribution is 8.00. The van der Waals surface area contributed by atoms with Gasteiger partial charge in [-0.15, -0.1) is 0 Å². The van der Waals surface area contributed by atoms with Gasteiger partial charge >= 0.3 is 5.97 Å². The van der Waals surface area contributed by atoms with E-state index in [0.717, 1.165) is 4.90 Å². The molecule has 3 heteroatoms. The first kappa shape index (κ1) is 8.38. The maximum absolute atomic E-state index is 10.7. The Bertz CT molecular complexity index is 332. The maximum Gasteiger partial charge on any atom is 0.332 e. The van der Waals surface area contributed by atoms with E-state index in [4.69, 9.17) is 4.74 Å². The molecule has 1 unspecified atom stereocenters. The first-order valence-corrected chi connectivity index (χ1v) is 4.83. The molecule has 1 aliphatic rings. The first-order valence-electron chi connectivity index (χ1n) is 3.95. The van der Waals surface area contributed by atoms with Crippen LogP contribution >= 0.6 is 11.8 Å². The van der Waals surface area contributed by atoms with Crippen LogP contribution in [0.3, 0.4) is 0 Å². The van der Waals surface area contributed by atoms with E-state index in [1.165, 1.54) is 17.8 Å². The fraction of sp³-hybridized carbons (Fsp3) is 0.100. The Labute approximate surface area is 80.6 Å². The molecule has 2 nitrogen and oxygen atoms in total. The Kier molecular flexibility index (Phi) is 2.36. The summed E-state index contributed by atoms with van der Waals surface area (Å²) >= 11 is 1.53. The van der Waals surface area contributed by atoms with Crippen molar-refractivity contribution in [3.05, 3.63) is 42.5 Å². The summed E-state index contributed by atoms with van der Waals surface area (Å²) in [6.45, 7) is 0. The number of rotatable bonds is 2. The lowest BCUT2D eigenvalue weighted by Crippen LogP contribution is -2.01. The third-order valence-corrected chi connectivity index (χ3v) is 2.65. The van der Waals surface area contributed by atoms with Gasteiger partial charge in [0, 0.05) is 11.0 Å². The minimum atomic E-state index is -0.256. The van der Waals surface area contributed by atoms with Crippen molar-refractivity contribution in [3.8, 4) is 0 Å². The van der Waals surface area contributed by atoms with Gasteiger partial charge in [0.2, 0.25) is 0 Å². The summed E-state index contributed by atoms with van der Waals surface area (Å²) in [5.74, 6) is -0.256. The van der Waals surface area contributed by atoms with Gasteiger partial charge in [0.25, 0.3) is 0 Å². The van der Waals surface area contributed by atoms with Crippen molar-refractivity contribution in [1.82, 2.24) is 0 Å². The molecule has 66 valence electrons. The molecular weight excluding hydrogens is 184 g/mol. The molecule has 0 N–H and O–H groups in total. The molecule has 0 bridgehead atoms. The third kappa shape index (κ3) is 2.12. The van der Waals surface area contributed by atoms with Crippen LogP contribution in [0.25, 0.3) is 0 Å². The van der Waals surface area contributed by atoms with E-state index < -0.39 is 0 Å². The van der Waals surface area contributed by atoms with Crippen LogP contribution in [0, 0.1) is 0 Å². The van der Waals surface area contributed by atoms with Gasteiger partial charge < -0.3 is 4.74 Å². The average Bonchev–Trinajstić information content (AvgIpc) is 2.53. The number of carbonyl (C=O) groups excluding carboxylic acids is 1. The topological polar surface area (TPSA) is 26.3 Å². The number of thioether (sulfide) groups is 1. The molecule has 0 aliphatic carbocycles. The fourth-order valence-electron chi connectivity index (χ4n) is 1.05. The van der Waals surface area contributed by atoms with Crippen molar-refractivity contribution in [3.63, 3.8) is 0 Å². The van der Waals surface area contributed by atoms with Crippen molar-refractivity contribution in [1.29, 1.82) is 0 Å². The lowest BCUT2D eigenvalue weighted by atomic mass is 10.4. The average molecular weight is 192 g/mol. The van der Waals surface area contributed by atoms with Gasteiger partial charge in [0.1, 0.15) is 0 Å². The van der Waals surface area contributed by atoms with Crippen LogP contribution in [0.5, 0.6) is 0 Å². The predicted molar refractivity (Wildman–Crippen MR) is 51.3 cm³/mol. The van der Waals surface area contributed by atoms with E-state index in [1.807, 2.05) is 30.3 Å². The first-order chi connectivity index (χ1) is 6.34. The van der Waals surface area contributed by atoms with Gasteiger partial charge in [-0.05, 0) is 18.2 Å². The second-order valence-corrected chi connectivity index (χ2v) is 3.77. The van der Waals surface area contributed by atoms with Crippen LogP contribution in [0.4, 0.5) is 0 Å². The largest absolute Gasteiger partial charge is 0.443 e. The smallest absolute Gasteiger partial charge is 0.332 e. The highest BCUT2D eigenvalue weighted by atomic mass is 32.2. The summed E-state index contributed by atoms with van der Waals surface area (Å²) in [6, 6.07) is 9.86. The highest BCUT2D eigenvalue weighted by Crippen LogP contribution is 2.27. The number of hydrogen-bond acceptors (Lipinski definition) is 3. The molecule has 1 aromatic carbocycles. The van der Waals surface area contributed by atoms with Crippen LogP contribution in [0.2, 0.25) is 0 Å². The van der Waals surface area contributed by atoms with Crippen LogP contribution in [0.15, 0.2) is 47.4 Å². The molecule has 0 saturated carbocycles. The molecule has 2 rings (SSSR count). The number of cyclic esters (lactones) is 1. The zero-order chi connectivity index (χ0) is 9.10. The second-order valence-electron chi connectivity index (χ2n) is 2.60. The van der Waals surface area contributed by atoms with Gasteiger partial charge in [-0.1, -0.05) is 30.0 Å². The fourth-order valence-corrected chi connectivity index (χ4v) is 1.93. The van der Waals surface area contributed by atoms with E-state index in [-0.39, 0.29) is 11.4 Å². The summed E-state index contributed by atoms with van der Waals surface area (Å²) in [5.41, 5.74) is -0.157. The van der Waals surface area contributed by atoms with Crippen molar-refractivity contribution in [2.45, 2.75) is 10.3 Å². The van der Waals surface area contributed by atoms with Gasteiger partial charge in [-0.25, -0.2) is 4.79 Å². The Balaban J connectivity index is 2.00. The van der Waals surface area contributed by atoms with Crippen LogP contribution in [-0.2, 0) is 9.53 Å². The van der Waals surface area contributed by atoms with E-state index in [9.17, 15) is 4.79 Å². The number of ether oxygens (including phenoxy) is 1. The minimum Gasteiger partial charge on any atom is -0.443 e.